The minimum Gasteiger partial charge on any atom is -0.448 e. The number of nitrogens with one attached hydrogen (secondary N) is 1. The van der Waals surface area contributed by atoms with Gasteiger partial charge < -0.3 is 14.6 Å². The average molecular weight is 435 g/mol. The smallest absolute Gasteiger partial charge is 0.409 e. The molecule has 3 heterocycles. The number of rotatable bonds is 5. The molecule has 0 saturated carbocycles. The van der Waals surface area contributed by atoms with Crippen molar-refractivity contribution in [1.29, 1.82) is 0 Å². The van der Waals surface area contributed by atoms with E-state index in [0.717, 1.165) is 49.8 Å². The molecule has 0 spiro atoms. The van der Waals surface area contributed by atoms with Gasteiger partial charge in [-0.15, -0.1) is 0 Å². The molecule has 5 rings (SSSR count). The summed E-state index contributed by atoms with van der Waals surface area (Å²) in [6.45, 7) is 3.59. The van der Waals surface area contributed by atoms with Gasteiger partial charge in [0.1, 0.15) is 6.61 Å². The topological polar surface area (TPSA) is 70.6 Å². The number of aromatic nitrogens is 2. The fourth-order valence-corrected chi connectivity index (χ4v) is 5.11. The molecule has 7 nitrogen and oxygen atoms in total. The van der Waals surface area contributed by atoms with Gasteiger partial charge in [0.15, 0.2) is 0 Å². The van der Waals surface area contributed by atoms with Gasteiger partial charge in [0.25, 0.3) is 0 Å². The third kappa shape index (κ3) is 4.30. The van der Waals surface area contributed by atoms with Crippen LogP contribution in [-0.2, 0) is 11.3 Å². The monoisotopic (exact) mass is 434 g/mol. The van der Waals surface area contributed by atoms with Crippen LogP contribution in [0.3, 0.4) is 0 Å². The SMILES string of the molecule is O=C(OC[C@H]1CCCN1Cc1ccccc1)N1CCC(n2c(=O)[nH]c3ccccc32)CC1. The number of imidazole rings is 1. The molecule has 1 amide bonds. The Labute approximate surface area is 187 Å². The normalized spacial score (nSPS) is 20.1. The second kappa shape index (κ2) is 9.20. The Balaban J connectivity index is 1.14. The summed E-state index contributed by atoms with van der Waals surface area (Å²) in [6, 6.07) is 18.6. The fraction of sp³-hybridized carbons (Fsp3) is 0.440. The summed E-state index contributed by atoms with van der Waals surface area (Å²) in [5.41, 5.74) is 3.00. The molecule has 2 fully saturated rings. The maximum atomic E-state index is 12.7. The minimum absolute atomic E-state index is 0.0769. The van der Waals surface area contributed by atoms with Crippen molar-refractivity contribution < 1.29 is 9.53 Å². The van der Waals surface area contributed by atoms with Crippen LogP contribution in [0.5, 0.6) is 0 Å². The van der Waals surface area contributed by atoms with Crippen molar-refractivity contribution in [2.75, 3.05) is 26.2 Å². The van der Waals surface area contributed by atoms with Crippen molar-refractivity contribution in [3.63, 3.8) is 0 Å². The first-order valence-electron chi connectivity index (χ1n) is 11.6. The summed E-state index contributed by atoms with van der Waals surface area (Å²) < 4.78 is 7.57. The highest BCUT2D eigenvalue weighted by molar-refractivity contribution is 5.75. The molecule has 1 N–H and O–H groups in total. The van der Waals surface area contributed by atoms with Crippen molar-refractivity contribution in [3.8, 4) is 0 Å². The number of hydrogen-bond acceptors (Lipinski definition) is 4. The first-order valence-corrected chi connectivity index (χ1v) is 11.6. The van der Waals surface area contributed by atoms with Gasteiger partial charge in [0.05, 0.1) is 11.0 Å². The zero-order chi connectivity index (χ0) is 21.9. The number of piperidine rings is 1. The molecule has 2 aromatic carbocycles. The van der Waals surface area contributed by atoms with Crippen LogP contribution in [0.2, 0.25) is 0 Å². The van der Waals surface area contributed by atoms with Gasteiger partial charge >= 0.3 is 11.8 Å². The van der Waals surface area contributed by atoms with E-state index in [0.29, 0.717) is 19.7 Å². The fourth-order valence-electron chi connectivity index (χ4n) is 5.11. The number of carbonyl (C=O) groups excluding carboxylic acids is 1. The van der Waals surface area contributed by atoms with Gasteiger partial charge in [-0.2, -0.15) is 0 Å². The van der Waals surface area contributed by atoms with Crippen molar-refractivity contribution in [3.05, 3.63) is 70.6 Å². The lowest BCUT2D eigenvalue weighted by Crippen LogP contribution is -2.42. The number of amides is 1. The predicted octanol–water partition coefficient (Wildman–Crippen LogP) is 3.77. The molecule has 3 aromatic rings. The number of fused-ring (bicyclic) bond motifs is 1. The van der Waals surface area contributed by atoms with Crippen LogP contribution in [0.15, 0.2) is 59.4 Å². The molecule has 1 aromatic heterocycles. The van der Waals surface area contributed by atoms with E-state index in [1.807, 2.05) is 34.9 Å². The number of aromatic amines is 1. The second-order valence-electron chi connectivity index (χ2n) is 8.86. The van der Waals surface area contributed by atoms with Gasteiger partial charge in [-0.1, -0.05) is 42.5 Å². The van der Waals surface area contributed by atoms with E-state index in [4.69, 9.17) is 4.74 Å². The quantitative estimate of drug-likeness (QED) is 0.664. The maximum Gasteiger partial charge on any atom is 0.409 e. The number of likely N-dealkylation sites (tertiary alicyclic amines) is 2. The summed E-state index contributed by atoms with van der Waals surface area (Å²) in [7, 11) is 0. The number of benzene rings is 2. The van der Waals surface area contributed by atoms with Crippen LogP contribution >= 0.6 is 0 Å². The lowest BCUT2D eigenvalue weighted by molar-refractivity contribution is 0.0652. The molecular formula is C25H30N4O3. The van der Waals surface area contributed by atoms with Crippen LogP contribution < -0.4 is 5.69 Å². The zero-order valence-electron chi connectivity index (χ0n) is 18.3. The third-order valence-corrected chi connectivity index (χ3v) is 6.84. The Morgan fingerprint density at radius 1 is 0.969 bits per heavy atom. The van der Waals surface area contributed by atoms with E-state index in [1.54, 1.807) is 4.90 Å². The van der Waals surface area contributed by atoms with E-state index >= 15 is 0 Å². The molecular weight excluding hydrogens is 404 g/mol. The van der Waals surface area contributed by atoms with E-state index < -0.39 is 0 Å². The van der Waals surface area contributed by atoms with Crippen molar-refractivity contribution in [2.24, 2.45) is 0 Å². The van der Waals surface area contributed by atoms with Gasteiger partial charge in [-0.3, -0.25) is 9.47 Å². The van der Waals surface area contributed by atoms with Crippen LogP contribution in [0, 0.1) is 0 Å². The zero-order valence-corrected chi connectivity index (χ0v) is 18.3. The molecule has 1 atom stereocenters. The van der Waals surface area contributed by atoms with Crippen molar-refractivity contribution in [2.45, 2.75) is 44.3 Å². The first kappa shape index (κ1) is 20.8. The van der Waals surface area contributed by atoms with E-state index in [-0.39, 0.29) is 23.9 Å². The highest BCUT2D eigenvalue weighted by atomic mass is 16.6. The van der Waals surface area contributed by atoms with Gasteiger partial charge in [-0.25, -0.2) is 9.59 Å². The third-order valence-electron chi connectivity index (χ3n) is 6.84. The van der Waals surface area contributed by atoms with E-state index in [9.17, 15) is 9.59 Å². The molecule has 0 radical (unpaired) electrons. The van der Waals surface area contributed by atoms with E-state index in [1.165, 1.54) is 5.56 Å². The number of carbonyl (C=O) groups is 1. The Bertz CT molecular complexity index is 1110. The van der Waals surface area contributed by atoms with Gasteiger partial charge in [0.2, 0.25) is 0 Å². The average Bonchev–Trinajstić information content (AvgIpc) is 3.41. The lowest BCUT2D eigenvalue weighted by atomic mass is 10.0. The Kier molecular flexibility index (Phi) is 5.99. The van der Waals surface area contributed by atoms with Gasteiger partial charge in [0, 0.05) is 31.7 Å². The number of nitrogens with zero attached hydrogens (tertiary/aromatic N) is 3. The van der Waals surface area contributed by atoms with Crippen LogP contribution in [0.25, 0.3) is 11.0 Å². The van der Waals surface area contributed by atoms with Crippen molar-refractivity contribution >= 4 is 17.1 Å². The first-order chi connectivity index (χ1) is 15.7. The molecule has 0 aliphatic carbocycles. The summed E-state index contributed by atoms with van der Waals surface area (Å²) in [5, 5.41) is 0. The maximum absolute atomic E-state index is 12.7. The summed E-state index contributed by atoms with van der Waals surface area (Å²) in [4.78, 5) is 32.3. The highest BCUT2D eigenvalue weighted by Crippen LogP contribution is 2.26. The predicted molar refractivity (Wildman–Crippen MR) is 124 cm³/mol. The molecule has 2 saturated heterocycles. The van der Waals surface area contributed by atoms with Crippen LogP contribution in [-0.4, -0.2) is 57.7 Å². The van der Waals surface area contributed by atoms with Crippen LogP contribution in [0.1, 0.15) is 37.3 Å². The van der Waals surface area contributed by atoms with Crippen molar-refractivity contribution in [1.82, 2.24) is 19.4 Å². The largest absolute Gasteiger partial charge is 0.448 e. The molecule has 0 bridgehead atoms. The lowest BCUT2D eigenvalue weighted by Gasteiger charge is -2.32. The highest BCUT2D eigenvalue weighted by Gasteiger charge is 2.29. The summed E-state index contributed by atoms with van der Waals surface area (Å²) >= 11 is 0. The Hall–Kier alpha value is -3.06. The summed E-state index contributed by atoms with van der Waals surface area (Å²) in [5.74, 6) is 0. The second-order valence-corrected chi connectivity index (χ2v) is 8.86. The Morgan fingerprint density at radius 3 is 2.53 bits per heavy atom. The molecule has 32 heavy (non-hydrogen) atoms. The molecule has 168 valence electrons. The molecule has 2 aliphatic rings. The Morgan fingerprint density at radius 2 is 1.72 bits per heavy atom. The molecule has 2 aliphatic heterocycles. The minimum atomic E-state index is -0.235. The number of hydrogen-bond donors (Lipinski definition) is 1. The molecule has 7 heteroatoms. The summed E-state index contributed by atoms with van der Waals surface area (Å²) in [6.07, 6.45) is 3.47. The number of H-pyrrole nitrogens is 1. The molecule has 0 unspecified atom stereocenters. The van der Waals surface area contributed by atoms with Crippen LogP contribution in [0.4, 0.5) is 4.79 Å². The van der Waals surface area contributed by atoms with Gasteiger partial charge in [-0.05, 0) is 49.9 Å². The standard InChI is InChI=1S/C25H30N4O3/c30-24-26-22-10-4-5-11-23(22)29(24)20-12-15-27(16-13-20)25(31)32-18-21-9-6-14-28(21)17-19-7-2-1-3-8-19/h1-5,7-8,10-11,20-21H,6,9,12-18H2,(H,26,30)/t21-/m1/s1. The number of ether oxygens (including phenoxy) is 1. The van der Waals surface area contributed by atoms with E-state index in [2.05, 4.69) is 34.1 Å². The number of para-hydroxylation sites is 2.